The van der Waals surface area contributed by atoms with Crippen LogP contribution in [0.25, 0.3) is 22.1 Å². The standard InChI is InChI=1S/C28H28FNO4/c1-31-24-10-11-25-26(19-24)34-27(18-20-2-6-22(29)7-3-20)28(25)21-4-8-23(9-5-21)33-17-14-30-12-15-32-16-13-30/h2-11,19H,12-18H2,1H3. The van der Waals surface area contributed by atoms with Gasteiger partial charge in [0.15, 0.2) is 0 Å². The predicted octanol–water partition coefficient (Wildman–Crippen LogP) is 5.55. The number of fused-ring (bicyclic) bond motifs is 1. The largest absolute Gasteiger partial charge is 0.497 e. The molecule has 34 heavy (non-hydrogen) atoms. The van der Waals surface area contributed by atoms with Gasteiger partial charge in [-0.15, -0.1) is 0 Å². The van der Waals surface area contributed by atoms with Gasteiger partial charge in [0.1, 0.15) is 35.3 Å². The van der Waals surface area contributed by atoms with E-state index in [4.69, 9.17) is 18.6 Å². The molecule has 1 fully saturated rings. The van der Waals surface area contributed by atoms with Crippen molar-refractivity contribution in [1.29, 1.82) is 0 Å². The molecule has 1 aromatic heterocycles. The van der Waals surface area contributed by atoms with E-state index in [0.717, 1.165) is 77.8 Å². The van der Waals surface area contributed by atoms with Gasteiger partial charge >= 0.3 is 0 Å². The number of hydrogen-bond acceptors (Lipinski definition) is 5. The Kier molecular flexibility index (Phi) is 6.79. The lowest BCUT2D eigenvalue weighted by Crippen LogP contribution is -2.38. The number of furan rings is 1. The molecule has 5 rings (SSSR count). The number of ether oxygens (including phenoxy) is 3. The molecule has 4 aromatic rings. The van der Waals surface area contributed by atoms with Gasteiger partial charge in [-0.3, -0.25) is 4.90 Å². The van der Waals surface area contributed by atoms with Crippen molar-refractivity contribution in [2.45, 2.75) is 6.42 Å². The lowest BCUT2D eigenvalue weighted by molar-refractivity contribution is 0.0322. The van der Waals surface area contributed by atoms with Crippen molar-refractivity contribution in [3.05, 3.63) is 83.9 Å². The van der Waals surface area contributed by atoms with Crippen LogP contribution in [0.2, 0.25) is 0 Å². The third kappa shape index (κ3) is 5.08. The lowest BCUT2D eigenvalue weighted by atomic mass is 9.98. The summed E-state index contributed by atoms with van der Waals surface area (Å²) in [7, 11) is 1.64. The molecule has 176 valence electrons. The quantitative estimate of drug-likeness (QED) is 0.344. The molecule has 1 saturated heterocycles. The summed E-state index contributed by atoms with van der Waals surface area (Å²) in [6.45, 7) is 5.03. The number of nitrogens with zero attached hydrogens (tertiary/aromatic N) is 1. The number of halogens is 1. The number of hydrogen-bond donors (Lipinski definition) is 0. The Morgan fingerprint density at radius 1 is 0.912 bits per heavy atom. The first-order valence-electron chi connectivity index (χ1n) is 11.6. The smallest absolute Gasteiger partial charge is 0.138 e. The van der Waals surface area contributed by atoms with Gasteiger partial charge in [-0.1, -0.05) is 24.3 Å². The van der Waals surface area contributed by atoms with E-state index in [-0.39, 0.29) is 5.82 Å². The summed E-state index contributed by atoms with van der Waals surface area (Å²) in [6.07, 6.45) is 0.560. The van der Waals surface area contributed by atoms with Crippen molar-refractivity contribution >= 4 is 11.0 Å². The maximum absolute atomic E-state index is 13.4. The normalized spacial score (nSPS) is 14.4. The molecule has 0 saturated carbocycles. The van der Waals surface area contributed by atoms with E-state index in [2.05, 4.69) is 17.0 Å². The Balaban J connectivity index is 1.39. The summed E-state index contributed by atoms with van der Waals surface area (Å²) in [5.74, 6) is 2.16. The number of methoxy groups -OCH3 is 1. The van der Waals surface area contributed by atoms with Crippen LogP contribution in [0.3, 0.4) is 0 Å². The van der Waals surface area contributed by atoms with Gasteiger partial charge in [0.25, 0.3) is 0 Å². The molecule has 0 radical (unpaired) electrons. The molecule has 0 unspecified atom stereocenters. The average molecular weight is 462 g/mol. The summed E-state index contributed by atoms with van der Waals surface area (Å²) in [6, 6.07) is 20.5. The highest BCUT2D eigenvalue weighted by molar-refractivity contribution is 5.96. The minimum absolute atomic E-state index is 0.248. The van der Waals surface area contributed by atoms with E-state index < -0.39 is 0 Å². The maximum atomic E-state index is 13.4. The molecule has 0 amide bonds. The molecule has 5 nitrogen and oxygen atoms in total. The lowest BCUT2D eigenvalue weighted by Gasteiger charge is -2.26. The Morgan fingerprint density at radius 2 is 1.65 bits per heavy atom. The number of morpholine rings is 1. The SMILES string of the molecule is COc1ccc2c(-c3ccc(OCCN4CCOCC4)cc3)c(Cc3ccc(F)cc3)oc2c1. The molecule has 0 atom stereocenters. The predicted molar refractivity (Wildman–Crippen MR) is 130 cm³/mol. The van der Waals surface area contributed by atoms with Gasteiger partial charge in [-0.2, -0.15) is 0 Å². The first-order valence-corrected chi connectivity index (χ1v) is 11.6. The second-order valence-corrected chi connectivity index (χ2v) is 8.39. The van der Waals surface area contributed by atoms with Crippen molar-refractivity contribution in [2.24, 2.45) is 0 Å². The zero-order valence-corrected chi connectivity index (χ0v) is 19.3. The average Bonchev–Trinajstić information content (AvgIpc) is 3.23. The van der Waals surface area contributed by atoms with Gasteiger partial charge in [-0.25, -0.2) is 4.39 Å². The second-order valence-electron chi connectivity index (χ2n) is 8.39. The van der Waals surface area contributed by atoms with E-state index in [0.29, 0.717) is 13.0 Å². The highest BCUT2D eigenvalue weighted by Crippen LogP contribution is 2.38. The van der Waals surface area contributed by atoms with Crippen molar-refractivity contribution < 1.29 is 23.0 Å². The number of rotatable bonds is 8. The topological polar surface area (TPSA) is 44.1 Å². The van der Waals surface area contributed by atoms with Crippen molar-refractivity contribution in [3.8, 4) is 22.6 Å². The van der Waals surface area contributed by atoms with Crippen LogP contribution in [0.5, 0.6) is 11.5 Å². The van der Waals surface area contributed by atoms with Crippen LogP contribution in [0.4, 0.5) is 4.39 Å². The molecular formula is C28H28FNO4. The zero-order chi connectivity index (χ0) is 23.3. The molecule has 0 spiro atoms. The van der Waals surface area contributed by atoms with Gasteiger partial charge in [0.05, 0.1) is 20.3 Å². The monoisotopic (exact) mass is 461 g/mol. The summed E-state index contributed by atoms with van der Waals surface area (Å²) < 4.78 is 36.4. The van der Waals surface area contributed by atoms with Crippen molar-refractivity contribution in [1.82, 2.24) is 4.90 Å². The highest BCUT2D eigenvalue weighted by atomic mass is 19.1. The third-order valence-corrected chi connectivity index (χ3v) is 6.17. The van der Waals surface area contributed by atoms with Crippen molar-refractivity contribution in [3.63, 3.8) is 0 Å². The summed E-state index contributed by atoms with van der Waals surface area (Å²) in [5.41, 5.74) is 3.82. The molecule has 3 aromatic carbocycles. The first-order chi connectivity index (χ1) is 16.7. The highest BCUT2D eigenvalue weighted by Gasteiger charge is 2.18. The van der Waals surface area contributed by atoms with Gasteiger partial charge in [0.2, 0.25) is 0 Å². The molecule has 1 aliphatic rings. The van der Waals surface area contributed by atoms with Crippen LogP contribution >= 0.6 is 0 Å². The van der Waals surface area contributed by atoms with Crippen LogP contribution in [-0.4, -0.2) is 51.5 Å². The molecule has 6 heteroatoms. The third-order valence-electron chi connectivity index (χ3n) is 6.17. The fraction of sp³-hybridized carbons (Fsp3) is 0.286. The zero-order valence-electron chi connectivity index (χ0n) is 19.3. The van der Waals surface area contributed by atoms with Gasteiger partial charge in [0, 0.05) is 43.1 Å². The maximum Gasteiger partial charge on any atom is 0.138 e. The van der Waals surface area contributed by atoms with Crippen LogP contribution in [0, 0.1) is 5.82 Å². The fourth-order valence-electron chi connectivity index (χ4n) is 4.32. The van der Waals surface area contributed by atoms with Crippen LogP contribution in [-0.2, 0) is 11.2 Å². The Morgan fingerprint density at radius 3 is 2.38 bits per heavy atom. The van der Waals surface area contributed by atoms with E-state index in [1.165, 1.54) is 12.1 Å². The van der Waals surface area contributed by atoms with E-state index >= 15 is 0 Å². The molecule has 1 aliphatic heterocycles. The summed E-state index contributed by atoms with van der Waals surface area (Å²) in [4.78, 5) is 2.35. The molecular weight excluding hydrogens is 433 g/mol. The Hall–Kier alpha value is -3.35. The van der Waals surface area contributed by atoms with Crippen LogP contribution in [0.15, 0.2) is 71.1 Å². The molecule has 2 heterocycles. The summed E-state index contributed by atoms with van der Waals surface area (Å²) in [5, 5.41) is 1.01. The minimum Gasteiger partial charge on any atom is -0.497 e. The van der Waals surface area contributed by atoms with E-state index in [1.54, 1.807) is 19.2 Å². The second kappa shape index (κ2) is 10.3. The Labute approximate surface area is 198 Å². The minimum atomic E-state index is -0.248. The fourth-order valence-corrected chi connectivity index (χ4v) is 4.32. The molecule has 0 aliphatic carbocycles. The van der Waals surface area contributed by atoms with E-state index in [1.807, 2.05) is 30.3 Å². The summed E-state index contributed by atoms with van der Waals surface area (Å²) >= 11 is 0. The number of benzene rings is 3. The van der Waals surface area contributed by atoms with Crippen molar-refractivity contribution in [2.75, 3.05) is 46.6 Å². The van der Waals surface area contributed by atoms with Crippen LogP contribution < -0.4 is 9.47 Å². The molecule has 0 bridgehead atoms. The van der Waals surface area contributed by atoms with Crippen LogP contribution in [0.1, 0.15) is 11.3 Å². The molecule has 0 N–H and O–H groups in total. The first kappa shape index (κ1) is 22.4. The van der Waals surface area contributed by atoms with Gasteiger partial charge in [-0.05, 0) is 47.5 Å². The van der Waals surface area contributed by atoms with Gasteiger partial charge < -0.3 is 18.6 Å². The Bertz CT molecular complexity index is 1230. The van der Waals surface area contributed by atoms with E-state index in [9.17, 15) is 4.39 Å².